The summed E-state index contributed by atoms with van der Waals surface area (Å²) in [4.78, 5) is 38.8. The normalized spacial score (nSPS) is 11.5. The van der Waals surface area contributed by atoms with E-state index in [-0.39, 0.29) is 76.5 Å². The van der Waals surface area contributed by atoms with Gasteiger partial charge in [-0.15, -0.1) is 5.10 Å². The number of amides is 3. The highest BCUT2D eigenvalue weighted by Crippen LogP contribution is 2.07. The van der Waals surface area contributed by atoms with Crippen molar-refractivity contribution >= 4 is 17.7 Å². The van der Waals surface area contributed by atoms with E-state index in [0.717, 1.165) is 11.4 Å². The number of benzene rings is 1. The summed E-state index contributed by atoms with van der Waals surface area (Å²) < 4.78 is 106. The average Bonchev–Trinajstić information content (AvgIpc) is 4.09. The molecule has 0 unspecified atom stereocenters. The van der Waals surface area contributed by atoms with E-state index in [0.29, 0.717) is 238 Å². The van der Waals surface area contributed by atoms with Crippen molar-refractivity contribution in [1.82, 2.24) is 30.9 Å². The number of aromatic nitrogens is 3. The molecule has 0 atom stereocenters. The molecule has 0 aliphatic rings. The smallest absolute Gasteiger partial charge is 0.222 e. The van der Waals surface area contributed by atoms with Crippen molar-refractivity contribution in [2.45, 2.75) is 31.9 Å². The highest BCUT2D eigenvalue weighted by atomic mass is 16.6. The van der Waals surface area contributed by atoms with Gasteiger partial charge in [-0.1, -0.05) is 23.4 Å². The molecule has 0 spiro atoms. The maximum Gasteiger partial charge on any atom is 0.222 e. The highest BCUT2D eigenvalue weighted by Gasteiger charge is 2.20. The Morgan fingerprint density at radius 2 is 0.655 bits per heavy atom. The van der Waals surface area contributed by atoms with E-state index < -0.39 is 6.04 Å². The summed E-state index contributed by atoms with van der Waals surface area (Å²) in [6.45, 7) is 16.8. The molecule has 1 heterocycles. The van der Waals surface area contributed by atoms with Crippen molar-refractivity contribution in [2.24, 2.45) is 11.5 Å². The minimum atomic E-state index is -0.781. The van der Waals surface area contributed by atoms with E-state index in [1.54, 1.807) is 4.68 Å². The van der Waals surface area contributed by atoms with Crippen LogP contribution in [0.2, 0.25) is 0 Å². The van der Waals surface area contributed by atoms with Crippen molar-refractivity contribution in [3.8, 4) is 5.69 Å². The molecule has 0 saturated heterocycles. The number of nitrogens with one attached hydrogen (secondary N) is 3. The zero-order chi connectivity index (χ0) is 62.1. The van der Waals surface area contributed by atoms with Crippen LogP contribution in [0.15, 0.2) is 36.5 Å². The summed E-state index contributed by atoms with van der Waals surface area (Å²) in [7, 11) is 0. The molecule has 0 bridgehead atoms. The van der Waals surface area contributed by atoms with Gasteiger partial charge in [-0.3, -0.25) is 14.4 Å². The number of ether oxygens (including phenoxy) is 19. The van der Waals surface area contributed by atoms with Crippen LogP contribution >= 0.6 is 0 Å². The van der Waals surface area contributed by atoms with E-state index in [1.807, 2.05) is 36.5 Å². The van der Waals surface area contributed by atoms with E-state index in [4.69, 9.17) is 101 Å². The lowest BCUT2D eigenvalue weighted by atomic mass is 10.1. The topological polar surface area (TPSA) is 345 Å². The van der Waals surface area contributed by atoms with Crippen molar-refractivity contribution in [3.63, 3.8) is 0 Å². The molecular weight excluding hydrogens is 1150 g/mol. The predicted molar refractivity (Wildman–Crippen MR) is 316 cm³/mol. The van der Waals surface area contributed by atoms with Gasteiger partial charge in [0.15, 0.2) is 0 Å². The van der Waals surface area contributed by atoms with Crippen LogP contribution in [0, 0.1) is 0 Å². The van der Waals surface area contributed by atoms with Crippen LogP contribution in [-0.2, 0) is 111 Å². The van der Waals surface area contributed by atoms with Gasteiger partial charge < -0.3 is 117 Å². The summed E-state index contributed by atoms with van der Waals surface area (Å²) in [5.74, 6) is -1.09. The van der Waals surface area contributed by atoms with Gasteiger partial charge in [0, 0.05) is 51.5 Å². The molecule has 30 heteroatoms. The summed E-state index contributed by atoms with van der Waals surface area (Å²) in [5.41, 5.74) is 12.4. The van der Waals surface area contributed by atoms with E-state index in [9.17, 15) is 14.4 Å². The molecule has 7 N–H and O–H groups in total. The second-order valence-electron chi connectivity index (χ2n) is 18.3. The van der Waals surface area contributed by atoms with Crippen molar-refractivity contribution in [3.05, 3.63) is 42.2 Å². The summed E-state index contributed by atoms with van der Waals surface area (Å²) in [5, 5.41) is 16.6. The molecule has 0 aliphatic carbocycles. The Kier molecular flexibility index (Phi) is 57.7. The van der Waals surface area contributed by atoms with Crippen LogP contribution in [0.1, 0.15) is 25.0 Å². The Bertz CT molecular complexity index is 1740. The zero-order valence-electron chi connectivity index (χ0n) is 51.3. The van der Waals surface area contributed by atoms with Crippen molar-refractivity contribution in [1.29, 1.82) is 0 Å². The largest absolute Gasteiger partial charge is 0.379 e. The molecule has 2 aromatic rings. The Morgan fingerprint density at radius 1 is 0.368 bits per heavy atom. The van der Waals surface area contributed by atoms with Crippen molar-refractivity contribution < 1.29 is 104 Å². The van der Waals surface area contributed by atoms with Crippen LogP contribution in [0.5, 0.6) is 0 Å². The fraction of sp³-hybridized carbons (Fsp3) is 0.807. The standard InChI is InChI=1S/C57H104N8O22/c58-7-12-70-17-22-75-27-32-79-36-40-83-42-38-81-34-29-77-24-19-72-14-9-60-56(67)48-52(49-57(68)61-10-15-73-20-25-78-30-35-82-39-43-84-41-37-80-33-28-76-23-18-71-13-8-59)62-55(66)6-11-69-16-21-74-26-31-85-44-45-86-46-47-87-51-53-50-65(64-63-53)54-4-2-1-3-5-54/h1-5,50,52H,6-49,51,58-59H2,(H,60,67)(H,61,68)(H,62,66). The number of carbonyl (C=O) groups excluding carboxylic acids is 3. The number of para-hydroxylation sites is 1. The lowest BCUT2D eigenvalue weighted by Crippen LogP contribution is -2.43. The average molecular weight is 1250 g/mol. The molecule has 3 amide bonds. The molecule has 1 aromatic carbocycles. The summed E-state index contributed by atoms with van der Waals surface area (Å²) in [6.07, 6.45) is 1.58. The third kappa shape index (κ3) is 54.6. The second kappa shape index (κ2) is 63.5. The van der Waals surface area contributed by atoms with Gasteiger partial charge in [0.2, 0.25) is 17.7 Å². The minimum Gasteiger partial charge on any atom is -0.379 e. The highest BCUT2D eigenvalue weighted by molar-refractivity contribution is 5.83. The first kappa shape index (κ1) is 79.0. The molecule has 0 radical (unpaired) electrons. The van der Waals surface area contributed by atoms with E-state index in [1.165, 1.54) is 0 Å². The maximum absolute atomic E-state index is 13.0. The lowest BCUT2D eigenvalue weighted by molar-refractivity contribution is -0.126. The summed E-state index contributed by atoms with van der Waals surface area (Å²) >= 11 is 0. The van der Waals surface area contributed by atoms with Crippen LogP contribution in [0.4, 0.5) is 0 Å². The van der Waals surface area contributed by atoms with Gasteiger partial charge in [0.05, 0.1) is 263 Å². The minimum absolute atomic E-state index is 0.0134. The second-order valence-corrected chi connectivity index (χ2v) is 18.3. The maximum atomic E-state index is 13.0. The number of hydrogen-bond acceptors (Lipinski definition) is 26. The number of nitrogens with two attached hydrogens (primary N) is 2. The first-order valence-corrected chi connectivity index (χ1v) is 30.2. The van der Waals surface area contributed by atoms with Crippen LogP contribution < -0.4 is 27.4 Å². The molecule has 0 fully saturated rings. The van der Waals surface area contributed by atoms with Crippen LogP contribution in [-0.4, -0.2) is 309 Å². The van der Waals surface area contributed by atoms with Gasteiger partial charge in [-0.2, -0.15) is 0 Å². The Labute approximate surface area is 513 Å². The third-order valence-electron chi connectivity index (χ3n) is 11.1. The van der Waals surface area contributed by atoms with Gasteiger partial charge in [0.25, 0.3) is 0 Å². The molecule has 2 rings (SSSR count). The zero-order valence-corrected chi connectivity index (χ0v) is 51.3. The first-order valence-electron chi connectivity index (χ1n) is 30.2. The lowest BCUT2D eigenvalue weighted by Gasteiger charge is -2.18. The van der Waals surface area contributed by atoms with Gasteiger partial charge in [-0.25, -0.2) is 4.68 Å². The number of carbonyl (C=O) groups is 3. The monoisotopic (exact) mass is 1250 g/mol. The Hall–Kier alpha value is -4.07. The predicted octanol–water partition coefficient (Wildman–Crippen LogP) is -1.11. The van der Waals surface area contributed by atoms with E-state index in [2.05, 4.69) is 26.3 Å². The van der Waals surface area contributed by atoms with Gasteiger partial charge in [0.1, 0.15) is 5.69 Å². The SMILES string of the molecule is NCCOCCOCCOCCOCCOCCOCCOCCNC(=O)CC(CC(=O)NCCOCCOCCOCCOCCOCCOCCOCCN)NC(=O)CCOCCOCCOCCOCCOCc1cn(-c2ccccc2)nn1. The fourth-order valence-corrected chi connectivity index (χ4v) is 6.89. The molecule has 30 nitrogen and oxygen atoms in total. The Balaban J connectivity index is 1.52. The number of nitrogens with zero attached hydrogens (tertiary/aromatic N) is 3. The third-order valence-corrected chi connectivity index (χ3v) is 11.1. The van der Waals surface area contributed by atoms with Crippen LogP contribution in [0.3, 0.4) is 0 Å². The molecule has 0 aliphatic heterocycles. The first-order chi connectivity index (χ1) is 43.0. The van der Waals surface area contributed by atoms with Gasteiger partial charge >= 0.3 is 0 Å². The Morgan fingerprint density at radius 3 is 0.977 bits per heavy atom. The number of hydrogen-bond donors (Lipinski definition) is 5. The molecule has 504 valence electrons. The van der Waals surface area contributed by atoms with Crippen LogP contribution in [0.25, 0.3) is 5.69 Å². The van der Waals surface area contributed by atoms with E-state index >= 15 is 0 Å². The molecule has 87 heavy (non-hydrogen) atoms. The molecule has 0 saturated carbocycles. The molecular formula is C57H104N8O22. The number of rotatable bonds is 69. The van der Waals surface area contributed by atoms with Crippen molar-refractivity contribution in [2.75, 3.05) is 271 Å². The fourth-order valence-electron chi connectivity index (χ4n) is 6.89. The molecule has 1 aromatic heterocycles. The van der Waals surface area contributed by atoms with Gasteiger partial charge in [-0.05, 0) is 12.1 Å². The quantitative estimate of drug-likeness (QED) is 0.0490. The summed E-state index contributed by atoms with van der Waals surface area (Å²) in [6, 6.07) is 8.94.